The highest BCUT2D eigenvalue weighted by Crippen LogP contribution is 2.30. The molecule has 0 saturated heterocycles. The number of hydrogen-bond donors (Lipinski definition) is 3. The molecule has 0 radical (unpaired) electrons. The highest BCUT2D eigenvalue weighted by Gasteiger charge is 2.23. The first kappa shape index (κ1) is 16.8. The lowest BCUT2D eigenvalue weighted by Gasteiger charge is -2.10. The fraction of sp³-hybridized carbons (Fsp3) is 0. The predicted octanol–water partition coefficient (Wildman–Crippen LogP) is 2.28. The average Bonchev–Trinajstić information content (AvgIpc) is 2.67. The first-order valence-electron chi connectivity index (χ1n) is 7.43. The van der Waals surface area contributed by atoms with Crippen molar-refractivity contribution in [3.8, 4) is 0 Å². The summed E-state index contributed by atoms with van der Waals surface area (Å²) in [5.74, 6) is -0.624. The third-order valence-corrected chi connectivity index (χ3v) is 3.28. The monoisotopic (exact) mass is 351 g/mol. The van der Waals surface area contributed by atoms with Crippen LogP contribution < -0.4 is 16.2 Å². The number of amides is 1. The predicted molar refractivity (Wildman–Crippen MR) is 93.7 cm³/mol. The van der Waals surface area contributed by atoms with E-state index in [2.05, 4.69) is 31.1 Å². The van der Waals surface area contributed by atoms with E-state index in [4.69, 9.17) is 0 Å². The molecule has 0 aliphatic heterocycles. The summed E-state index contributed by atoms with van der Waals surface area (Å²) in [5.41, 5.74) is 5.42. The second-order valence-corrected chi connectivity index (χ2v) is 4.98. The quantitative estimate of drug-likeness (QED) is 0.455. The van der Waals surface area contributed by atoms with Gasteiger partial charge in [-0.25, -0.2) is 9.97 Å². The van der Waals surface area contributed by atoms with Crippen LogP contribution in [-0.4, -0.2) is 25.8 Å². The summed E-state index contributed by atoms with van der Waals surface area (Å²) in [6.07, 6.45) is 4.22. The molecule has 3 aromatic rings. The van der Waals surface area contributed by atoms with E-state index in [1.54, 1.807) is 42.5 Å². The molecular weight excluding hydrogens is 338 g/mol. The van der Waals surface area contributed by atoms with E-state index in [9.17, 15) is 14.9 Å². The maximum atomic E-state index is 12.1. The Hall–Kier alpha value is -4.08. The maximum Gasteiger partial charge on any atom is 0.355 e. The Morgan fingerprint density at radius 1 is 1.00 bits per heavy atom. The standard InChI is InChI=1S/C16H13N7O3/c24-16(11-4-2-1-3-5-11)22-21-15-13(23(25)26)14(18-10-19-15)20-12-6-8-17-9-7-12/h1-10H,(H,22,24)(H2,17,18,19,20,21). The van der Waals surface area contributed by atoms with Gasteiger partial charge in [0.2, 0.25) is 11.6 Å². The molecule has 10 nitrogen and oxygen atoms in total. The van der Waals surface area contributed by atoms with Gasteiger partial charge < -0.3 is 5.32 Å². The Balaban J connectivity index is 1.82. The first-order chi connectivity index (χ1) is 12.6. The summed E-state index contributed by atoms with van der Waals surface area (Å²) in [4.78, 5) is 34.5. The number of rotatable bonds is 6. The second-order valence-electron chi connectivity index (χ2n) is 4.98. The molecule has 0 bridgehead atoms. The fourth-order valence-electron chi connectivity index (χ4n) is 2.08. The van der Waals surface area contributed by atoms with E-state index in [0.717, 1.165) is 6.33 Å². The van der Waals surface area contributed by atoms with Crippen molar-refractivity contribution in [2.45, 2.75) is 0 Å². The van der Waals surface area contributed by atoms with Gasteiger partial charge in [0.1, 0.15) is 6.33 Å². The molecule has 130 valence electrons. The minimum atomic E-state index is -0.638. The van der Waals surface area contributed by atoms with Gasteiger partial charge in [0.15, 0.2) is 0 Å². The smallest absolute Gasteiger partial charge is 0.334 e. The molecule has 3 N–H and O–H groups in total. The van der Waals surface area contributed by atoms with Crippen LogP contribution in [0.4, 0.5) is 23.0 Å². The molecule has 0 atom stereocenters. The summed E-state index contributed by atoms with van der Waals surface area (Å²) in [7, 11) is 0. The number of hydrogen-bond acceptors (Lipinski definition) is 8. The largest absolute Gasteiger partial charge is 0.355 e. The minimum Gasteiger partial charge on any atom is -0.334 e. The lowest BCUT2D eigenvalue weighted by Crippen LogP contribution is -2.30. The molecular formula is C16H13N7O3. The molecule has 1 amide bonds. The van der Waals surface area contributed by atoms with Gasteiger partial charge >= 0.3 is 5.69 Å². The molecule has 2 aromatic heterocycles. The first-order valence-corrected chi connectivity index (χ1v) is 7.43. The molecule has 0 unspecified atom stereocenters. The van der Waals surface area contributed by atoms with Gasteiger partial charge in [-0.05, 0) is 24.3 Å². The van der Waals surface area contributed by atoms with Crippen LogP contribution in [0.15, 0.2) is 61.2 Å². The Bertz CT molecular complexity index is 920. The zero-order valence-corrected chi connectivity index (χ0v) is 13.3. The number of hydrazine groups is 1. The number of pyridine rings is 1. The lowest BCUT2D eigenvalue weighted by molar-refractivity contribution is -0.383. The number of carbonyl (C=O) groups is 1. The Morgan fingerprint density at radius 2 is 1.69 bits per heavy atom. The number of nitrogens with one attached hydrogen (secondary N) is 3. The van der Waals surface area contributed by atoms with Crippen LogP contribution in [0.1, 0.15) is 10.4 Å². The Labute approximate surface area is 147 Å². The van der Waals surface area contributed by atoms with Crippen molar-refractivity contribution >= 4 is 28.9 Å². The van der Waals surface area contributed by atoms with Crippen molar-refractivity contribution in [2.75, 3.05) is 10.7 Å². The normalized spacial score (nSPS) is 10.0. The molecule has 3 rings (SSSR count). The van der Waals surface area contributed by atoms with E-state index in [0.29, 0.717) is 11.3 Å². The summed E-state index contributed by atoms with van der Waals surface area (Å²) in [6.45, 7) is 0. The van der Waals surface area contributed by atoms with E-state index in [1.807, 2.05) is 0 Å². The van der Waals surface area contributed by atoms with E-state index in [-0.39, 0.29) is 11.6 Å². The highest BCUT2D eigenvalue weighted by molar-refractivity contribution is 5.95. The fourth-order valence-corrected chi connectivity index (χ4v) is 2.08. The lowest BCUT2D eigenvalue weighted by atomic mass is 10.2. The molecule has 0 spiro atoms. The zero-order valence-electron chi connectivity index (χ0n) is 13.3. The SMILES string of the molecule is O=C(NNc1ncnc(Nc2ccncc2)c1[N+](=O)[O-])c1ccccc1. The third kappa shape index (κ3) is 3.87. The summed E-state index contributed by atoms with van der Waals surface area (Å²) in [5, 5.41) is 14.3. The van der Waals surface area contributed by atoms with E-state index in [1.165, 1.54) is 12.4 Å². The van der Waals surface area contributed by atoms with Crippen molar-refractivity contribution in [3.63, 3.8) is 0 Å². The number of aromatic nitrogens is 3. The third-order valence-electron chi connectivity index (χ3n) is 3.28. The molecule has 2 heterocycles. The van der Waals surface area contributed by atoms with Crippen molar-refractivity contribution < 1.29 is 9.72 Å². The number of nitro groups is 1. The second kappa shape index (κ2) is 7.66. The summed E-state index contributed by atoms with van der Waals surface area (Å²) in [6, 6.07) is 11.7. The van der Waals surface area contributed by atoms with Gasteiger partial charge in [0, 0.05) is 23.6 Å². The molecule has 0 aliphatic rings. The van der Waals surface area contributed by atoms with Gasteiger partial charge in [-0.1, -0.05) is 18.2 Å². The zero-order chi connectivity index (χ0) is 18.4. The van der Waals surface area contributed by atoms with Crippen molar-refractivity contribution in [3.05, 3.63) is 76.9 Å². The number of nitrogens with zero attached hydrogens (tertiary/aromatic N) is 4. The van der Waals surface area contributed by atoms with Gasteiger partial charge in [0.25, 0.3) is 5.91 Å². The Morgan fingerprint density at radius 3 is 2.38 bits per heavy atom. The van der Waals surface area contributed by atoms with E-state index >= 15 is 0 Å². The van der Waals surface area contributed by atoms with Crippen molar-refractivity contribution in [2.24, 2.45) is 0 Å². The van der Waals surface area contributed by atoms with Crippen LogP contribution in [-0.2, 0) is 0 Å². The Kier molecular flexibility index (Phi) is 4.94. The molecule has 10 heteroatoms. The highest BCUT2D eigenvalue weighted by atomic mass is 16.6. The number of anilines is 3. The van der Waals surface area contributed by atoms with Crippen LogP contribution in [0, 0.1) is 10.1 Å². The van der Waals surface area contributed by atoms with Crippen LogP contribution in [0.5, 0.6) is 0 Å². The van der Waals surface area contributed by atoms with Gasteiger partial charge in [-0.3, -0.25) is 30.7 Å². The number of benzene rings is 1. The van der Waals surface area contributed by atoms with Crippen LogP contribution >= 0.6 is 0 Å². The van der Waals surface area contributed by atoms with Crippen molar-refractivity contribution in [1.82, 2.24) is 20.4 Å². The summed E-state index contributed by atoms with van der Waals surface area (Å²) < 4.78 is 0. The average molecular weight is 351 g/mol. The topological polar surface area (TPSA) is 135 Å². The van der Waals surface area contributed by atoms with Gasteiger partial charge in [0.05, 0.1) is 4.92 Å². The maximum absolute atomic E-state index is 12.1. The molecule has 0 saturated carbocycles. The molecule has 0 fully saturated rings. The van der Waals surface area contributed by atoms with E-state index < -0.39 is 16.5 Å². The molecule has 26 heavy (non-hydrogen) atoms. The van der Waals surface area contributed by atoms with Gasteiger partial charge in [-0.2, -0.15) is 0 Å². The molecule has 0 aliphatic carbocycles. The van der Waals surface area contributed by atoms with Crippen LogP contribution in [0.25, 0.3) is 0 Å². The summed E-state index contributed by atoms with van der Waals surface area (Å²) >= 11 is 0. The minimum absolute atomic E-state index is 0.0207. The van der Waals surface area contributed by atoms with Crippen LogP contribution in [0.2, 0.25) is 0 Å². The molecule has 1 aromatic carbocycles. The number of carbonyl (C=O) groups excluding carboxylic acids is 1. The van der Waals surface area contributed by atoms with Crippen molar-refractivity contribution in [1.29, 1.82) is 0 Å². The van der Waals surface area contributed by atoms with Gasteiger partial charge in [-0.15, -0.1) is 0 Å². The van der Waals surface area contributed by atoms with Crippen LogP contribution in [0.3, 0.4) is 0 Å².